The van der Waals surface area contributed by atoms with Crippen LogP contribution >= 0.6 is 0 Å². The fourth-order valence-corrected chi connectivity index (χ4v) is 1.31. The Morgan fingerprint density at radius 1 is 1.33 bits per heavy atom. The van der Waals surface area contributed by atoms with Crippen molar-refractivity contribution in [1.29, 1.82) is 0 Å². The second-order valence-electron chi connectivity index (χ2n) is 3.81. The highest BCUT2D eigenvalue weighted by molar-refractivity contribution is 5.99. The molecule has 3 heteroatoms. The quantitative estimate of drug-likeness (QED) is 0.822. The van der Waals surface area contributed by atoms with Gasteiger partial charge in [-0.3, -0.25) is 4.79 Å². The van der Waals surface area contributed by atoms with E-state index in [1.165, 1.54) is 0 Å². The van der Waals surface area contributed by atoms with Crippen LogP contribution < -0.4 is 5.32 Å². The summed E-state index contributed by atoms with van der Waals surface area (Å²) in [7, 11) is 3.64. The molecule has 1 aromatic carbocycles. The van der Waals surface area contributed by atoms with Crippen LogP contribution in [0.3, 0.4) is 0 Å². The smallest absolute Gasteiger partial charge is 0.255 e. The molecule has 0 radical (unpaired) electrons. The van der Waals surface area contributed by atoms with Gasteiger partial charge in [0.1, 0.15) is 0 Å². The van der Waals surface area contributed by atoms with Gasteiger partial charge in [-0.25, -0.2) is 0 Å². The zero-order valence-corrected chi connectivity index (χ0v) is 9.74. The third-order valence-electron chi connectivity index (χ3n) is 2.52. The Labute approximate surface area is 91.1 Å². The molecule has 0 fully saturated rings. The Kier molecular flexibility index (Phi) is 3.72. The molecule has 0 aromatic heterocycles. The zero-order chi connectivity index (χ0) is 11.4. The summed E-state index contributed by atoms with van der Waals surface area (Å²) in [6.45, 7) is 4.00. The van der Waals surface area contributed by atoms with Gasteiger partial charge in [0.05, 0.1) is 5.56 Å². The minimum absolute atomic E-state index is 0.0509. The summed E-state index contributed by atoms with van der Waals surface area (Å²) < 4.78 is 0. The summed E-state index contributed by atoms with van der Waals surface area (Å²) in [6, 6.07) is 7.75. The molecule has 0 atom stereocenters. The summed E-state index contributed by atoms with van der Waals surface area (Å²) >= 11 is 0. The molecule has 15 heavy (non-hydrogen) atoms. The molecule has 0 saturated heterocycles. The Balaban J connectivity index is 3.00. The number of benzene rings is 1. The predicted octanol–water partition coefficient (Wildman–Crippen LogP) is 2.21. The summed E-state index contributed by atoms with van der Waals surface area (Å²) in [6.07, 6.45) is 0. The van der Waals surface area contributed by atoms with Crippen LogP contribution in [0.4, 0.5) is 5.69 Å². The van der Waals surface area contributed by atoms with Crippen molar-refractivity contribution in [2.24, 2.45) is 0 Å². The molecule has 0 saturated carbocycles. The maximum Gasteiger partial charge on any atom is 0.255 e. The molecule has 0 aliphatic carbocycles. The van der Waals surface area contributed by atoms with Crippen molar-refractivity contribution in [2.75, 3.05) is 19.4 Å². The van der Waals surface area contributed by atoms with Crippen LogP contribution in [0.25, 0.3) is 0 Å². The monoisotopic (exact) mass is 206 g/mol. The highest BCUT2D eigenvalue weighted by Gasteiger charge is 2.16. The Hall–Kier alpha value is -1.51. The summed E-state index contributed by atoms with van der Waals surface area (Å²) in [5.74, 6) is 0.0509. The molecule has 0 unspecified atom stereocenters. The molecule has 1 N–H and O–H groups in total. The van der Waals surface area contributed by atoms with Crippen molar-refractivity contribution >= 4 is 11.6 Å². The van der Waals surface area contributed by atoms with Crippen LogP contribution in [-0.4, -0.2) is 30.9 Å². The van der Waals surface area contributed by atoms with Gasteiger partial charge in [0.2, 0.25) is 0 Å². The number of anilines is 1. The number of rotatable bonds is 3. The minimum atomic E-state index is 0.0509. The first-order valence-corrected chi connectivity index (χ1v) is 5.12. The van der Waals surface area contributed by atoms with Gasteiger partial charge in [-0.2, -0.15) is 0 Å². The molecule has 0 spiro atoms. The first-order chi connectivity index (χ1) is 7.07. The standard InChI is InChI=1S/C12H18N2O/c1-9(2)14(4)12(15)10-7-5-6-8-11(10)13-3/h5-9,13H,1-4H3. The van der Waals surface area contributed by atoms with Crippen molar-refractivity contribution in [3.63, 3.8) is 0 Å². The van der Waals surface area contributed by atoms with Gasteiger partial charge in [0.15, 0.2) is 0 Å². The van der Waals surface area contributed by atoms with Crippen molar-refractivity contribution in [3.8, 4) is 0 Å². The second kappa shape index (κ2) is 4.82. The van der Waals surface area contributed by atoms with E-state index in [1.807, 2.05) is 52.2 Å². The molecule has 3 nitrogen and oxygen atoms in total. The molecule has 0 aliphatic rings. The number of para-hydroxylation sites is 1. The van der Waals surface area contributed by atoms with Crippen molar-refractivity contribution in [3.05, 3.63) is 29.8 Å². The largest absolute Gasteiger partial charge is 0.387 e. The fraction of sp³-hybridized carbons (Fsp3) is 0.417. The highest BCUT2D eigenvalue weighted by Crippen LogP contribution is 2.16. The number of amides is 1. The van der Waals surface area contributed by atoms with E-state index in [1.54, 1.807) is 4.90 Å². The fourth-order valence-electron chi connectivity index (χ4n) is 1.31. The van der Waals surface area contributed by atoms with E-state index < -0.39 is 0 Å². The van der Waals surface area contributed by atoms with Gasteiger partial charge in [0, 0.05) is 25.8 Å². The number of carbonyl (C=O) groups excluding carboxylic acids is 1. The van der Waals surface area contributed by atoms with Crippen LogP contribution in [0.2, 0.25) is 0 Å². The Bertz CT molecular complexity index is 347. The van der Waals surface area contributed by atoms with E-state index in [-0.39, 0.29) is 11.9 Å². The molecule has 0 heterocycles. The molecular weight excluding hydrogens is 188 g/mol. The van der Waals surface area contributed by atoms with Gasteiger partial charge in [-0.1, -0.05) is 12.1 Å². The van der Waals surface area contributed by atoms with E-state index in [0.717, 1.165) is 11.3 Å². The van der Waals surface area contributed by atoms with Crippen LogP contribution in [-0.2, 0) is 0 Å². The number of hydrogen-bond acceptors (Lipinski definition) is 2. The van der Waals surface area contributed by atoms with Crippen LogP contribution in [0, 0.1) is 0 Å². The Morgan fingerprint density at radius 2 is 1.93 bits per heavy atom. The van der Waals surface area contributed by atoms with Crippen molar-refractivity contribution < 1.29 is 4.79 Å². The maximum absolute atomic E-state index is 12.1. The average Bonchev–Trinajstić information content (AvgIpc) is 2.26. The molecular formula is C12H18N2O. The van der Waals surface area contributed by atoms with Crippen molar-refractivity contribution in [1.82, 2.24) is 4.90 Å². The van der Waals surface area contributed by atoms with Crippen LogP contribution in [0.15, 0.2) is 24.3 Å². The molecule has 1 rings (SSSR count). The zero-order valence-electron chi connectivity index (χ0n) is 9.74. The number of hydrogen-bond donors (Lipinski definition) is 1. The third kappa shape index (κ3) is 2.49. The maximum atomic E-state index is 12.1. The number of carbonyl (C=O) groups is 1. The SMILES string of the molecule is CNc1ccccc1C(=O)N(C)C(C)C. The number of nitrogens with zero attached hydrogens (tertiary/aromatic N) is 1. The summed E-state index contributed by atoms with van der Waals surface area (Å²) in [4.78, 5) is 13.8. The number of nitrogens with one attached hydrogen (secondary N) is 1. The van der Waals surface area contributed by atoms with Crippen LogP contribution in [0.5, 0.6) is 0 Å². The normalized spacial score (nSPS) is 10.2. The predicted molar refractivity (Wildman–Crippen MR) is 63.2 cm³/mol. The Morgan fingerprint density at radius 3 is 2.47 bits per heavy atom. The minimum Gasteiger partial charge on any atom is -0.387 e. The van der Waals surface area contributed by atoms with E-state index >= 15 is 0 Å². The van der Waals surface area contributed by atoms with Gasteiger partial charge in [-0.15, -0.1) is 0 Å². The molecule has 82 valence electrons. The topological polar surface area (TPSA) is 32.3 Å². The van der Waals surface area contributed by atoms with Gasteiger partial charge in [0.25, 0.3) is 5.91 Å². The second-order valence-corrected chi connectivity index (χ2v) is 3.81. The van der Waals surface area contributed by atoms with E-state index in [4.69, 9.17) is 0 Å². The lowest BCUT2D eigenvalue weighted by Gasteiger charge is -2.22. The average molecular weight is 206 g/mol. The van der Waals surface area contributed by atoms with Crippen molar-refractivity contribution in [2.45, 2.75) is 19.9 Å². The molecule has 0 bridgehead atoms. The van der Waals surface area contributed by atoms with E-state index in [2.05, 4.69) is 5.32 Å². The lowest BCUT2D eigenvalue weighted by molar-refractivity contribution is 0.0756. The van der Waals surface area contributed by atoms with E-state index in [0.29, 0.717) is 0 Å². The van der Waals surface area contributed by atoms with Crippen LogP contribution in [0.1, 0.15) is 24.2 Å². The first-order valence-electron chi connectivity index (χ1n) is 5.12. The lowest BCUT2D eigenvalue weighted by Crippen LogP contribution is -2.33. The third-order valence-corrected chi connectivity index (χ3v) is 2.52. The van der Waals surface area contributed by atoms with Gasteiger partial charge < -0.3 is 10.2 Å². The first kappa shape index (κ1) is 11.6. The summed E-state index contributed by atoms with van der Waals surface area (Å²) in [5, 5.41) is 3.02. The van der Waals surface area contributed by atoms with Gasteiger partial charge in [-0.05, 0) is 26.0 Å². The molecule has 1 amide bonds. The lowest BCUT2D eigenvalue weighted by atomic mass is 10.1. The molecule has 1 aromatic rings. The van der Waals surface area contributed by atoms with Gasteiger partial charge >= 0.3 is 0 Å². The van der Waals surface area contributed by atoms with E-state index in [9.17, 15) is 4.79 Å². The molecule has 0 aliphatic heterocycles. The summed E-state index contributed by atoms with van der Waals surface area (Å²) in [5.41, 5.74) is 1.59. The highest BCUT2D eigenvalue weighted by atomic mass is 16.2.